The molecule has 1 aromatic carbocycles. The molecule has 17 heavy (non-hydrogen) atoms. The lowest BCUT2D eigenvalue weighted by Crippen LogP contribution is -2.27. The second kappa shape index (κ2) is 4.36. The van der Waals surface area contributed by atoms with Crippen LogP contribution in [-0.4, -0.2) is 19.6 Å². The number of benzene rings is 1. The van der Waals surface area contributed by atoms with Crippen molar-refractivity contribution in [1.29, 1.82) is 0 Å². The van der Waals surface area contributed by atoms with Crippen molar-refractivity contribution in [2.75, 3.05) is 0 Å². The highest BCUT2D eigenvalue weighted by atomic mass is 32.2. The average Bonchev–Trinajstić information content (AvgIpc) is 2.93. The summed E-state index contributed by atoms with van der Waals surface area (Å²) >= 11 is 0. The molecule has 2 rings (SSSR count). The Bertz CT molecular complexity index is 530. The van der Waals surface area contributed by atoms with E-state index in [4.69, 9.17) is 5.11 Å². The Balaban J connectivity index is 2.26. The maximum atomic E-state index is 13.1. The van der Waals surface area contributed by atoms with Gasteiger partial charge in [0.05, 0.1) is 11.5 Å². The van der Waals surface area contributed by atoms with Crippen LogP contribution in [0, 0.1) is 11.7 Å². The molecule has 0 heterocycles. The predicted molar refractivity (Wildman–Crippen MR) is 60.2 cm³/mol. The monoisotopic (exact) mass is 259 g/mol. The minimum Gasteiger partial charge on any atom is -0.392 e. The zero-order valence-electron chi connectivity index (χ0n) is 9.35. The Labute approximate surface area is 99.5 Å². The van der Waals surface area contributed by atoms with Gasteiger partial charge in [-0.2, -0.15) is 0 Å². The van der Waals surface area contributed by atoms with Crippen molar-refractivity contribution in [3.63, 3.8) is 0 Å². The molecular weight excluding hydrogens is 245 g/mol. The molecule has 0 bridgehead atoms. The van der Waals surface area contributed by atoms with Gasteiger partial charge in [-0.25, -0.2) is 17.5 Å². The summed E-state index contributed by atoms with van der Waals surface area (Å²) in [6, 6.07) is 3.38. The third-order valence-electron chi connectivity index (χ3n) is 2.91. The first-order chi connectivity index (χ1) is 7.94. The molecule has 2 N–H and O–H groups in total. The van der Waals surface area contributed by atoms with E-state index < -0.39 is 22.4 Å². The van der Waals surface area contributed by atoms with E-state index >= 15 is 0 Å². The van der Waals surface area contributed by atoms with Crippen molar-refractivity contribution in [3.8, 4) is 0 Å². The number of hydrogen-bond donors (Lipinski definition) is 2. The quantitative estimate of drug-likeness (QED) is 0.848. The maximum Gasteiger partial charge on any atom is 0.240 e. The lowest BCUT2D eigenvalue weighted by Gasteiger charge is -2.07. The summed E-state index contributed by atoms with van der Waals surface area (Å²) in [5.74, 6) is -0.256. The van der Waals surface area contributed by atoms with E-state index in [1.807, 2.05) is 6.92 Å². The van der Waals surface area contributed by atoms with Gasteiger partial charge >= 0.3 is 0 Å². The molecule has 1 aromatic rings. The number of halogens is 1. The van der Waals surface area contributed by atoms with Crippen molar-refractivity contribution < 1.29 is 17.9 Å². The molecule has 6 heteroatoms. The number of aliphatic hydroxyl groups excluding tert-OH is 1. The van der Waals surface area contributed by atoms with E-state index in [1.165, 1.54) is 6.07 Å². The summed E-state index contributed by atoms with van der Waals surface area (Å²) < 4.78 is 39.4. The maximum absolute atomic E-state index is 13.1. The van der Waals surface area contributed by atoms with E-state index in [-0.39, 0.29) is 16.5 Å². The molecule has 0 spiro atoms. The summed E-state index contributed by atoms with van der Waals surface area (Å²) in [5, 5.41) is 8.89. The molecule has 0 amide bonds. The van der Waals surface area contributed by atoms with Crippen LogP contribution in [-0.2, 0) is 16.6 Å². The van der Waals surface area contributed by atoms with Gasteiger partial charge in [0.15, 0.2) is 0 Å². The molecule has 0 aromatic heterocycles. The molecule has 94 valence electrons. The summed E-state index contributed by atoms with van der Waals surface area (Å²) in [4.78, 5) is -0.0120. The summed E-state index contributed by atoms with van der Waals surface area (Å²) in [7, 11) is -3.61. The van der Waals surface area contributed by atoms with Crippen LogP contribution in [0.3, 0.4) is 0 Å². The Morgan fingerprint density at radius 3 is 2.71 bits per heavy atom. The highest BCUT2D eigenvalue weighted by Gasteiger charge is 2.36. The van der Waals surface area contributed by atoms with Gasteiger partial charge in [-0.1, -0.05) is 6.92 Å². The largest absolute Gasteiger partial charge is 0.392 e. The Morgan fingerprint density at radius 2 is 2.18 bits per heavy atom. The molecule has 1 saturated carbocycles. The van der Waals surface area contributed by atoms with Gasteiger partial charge in [0.25, 0.3) is 0 Å². The SMILES string of the molecule is CC1CC1NS(=O)(=O)c1ccc(F)c(CO)c1. The summed E-state index contributed by atoms with van der Waals surface area (Å²) in [6.07, 6.45) is 0.827. The molecule has 1 fully saturated rings. The fourth-order valence-corrected chi connectivity index (χ4v) is 3.00. The third-order valence-corrected chi connectivity index (χ3v) is 4.40. The van der Waals surface area contributed by atoms with Gasteiger partial charge in [0.2, 0.25) is 10.0 Å². The van der Waals surface area contributed by atoms with E-state index in [2.05, 4.69) is 4.72 Å². The lowest BCUT2D eigenvalue weighted by atomic mass is 10.2. The fraction of sp³-hybridized carbons (Fsp3) is 0.455. The minimum absolute atomic E-state index is 0.0120. The zero-order chi connectivity index (χ0) is 12.6. The zero-order valence-corrected chi connectivity index (χ0v) is 10.2. The van der Waals surface area contributed by atoms with E-state index in [9.17, 15) is 12.8 Å². The number of hydrogen-bond acceptors (Lipinski definition) is 3. The average molecular weight is 259 g/mol. The van der Waals surface area contributed by atoms with Crippen LogP contribution in [0.4, 0.5) is 4.39 Å². The topological polar surface area (TPSA) is 66.4 Å². The van der Waals surface area contributed by atoms with E-state index in [0.717, 1.165) is 18.6 Å². The molecular formula is C11H14FNO3S. The van der Waals surface area contributed by atoms with Crippen molar-refractivity contribution in [3.05, 3.63) is 29.6 Å². The van der Waals surface area contributed by atoms with Gasteiger partial charge in [0, 0.05) is 11.6 Å². The van der Waals surface area contributed by atoms with Crippen LogP contribution in [0.25, 0.3) is 0 Å². The molecule has 0 aliphatic heterocycles. The number of aliphatic hydroxyl groups is 1. The van der Waals surface area contributed by atoms with Crippen molar-refractivity contribution in [2.24, 2.45) is 5.92 Å². The van der Waals surface area contributed by atoms with Gasteiger partial charge in [-0.3, -0.25) is 0 Å². The van der Waals surface area contributed by atoms with Crippen molar-refractivity contribution >= 4 is 10.0 Å². The van der Waals surface area contributed by atoms with Gasteiger partial charge in [0.1, 0.15) is 5.82 Å². The standard InChI is InChI=1S/C11H14FNO3S/c1-7-4-11(7)13-17(15,16)9-2-3-10(12)8(5-9)6-14/h2-3,5,7,11,13-14H,4,6H2,1H3. The van der Waals surface area contributed by atoms with Crippen LogP contribution in [0.2, 0.25) is 0 Å². The van der Waals surface area contributed by atoms with Crippen LogP contribution in [0.5, 0.6) is 0 Å². The van der Waals surface area contributed by atoms with E-state index in [1.54, 1.807) is 0 Å². The van der Waals surface area contributed by atoms with Gasteiger partial charge < -0.3 is 5.11 Å². The van der Waals surface area contributed by atoms with E-state index in [0.29, 0.717) is 5.92 Å². The third kappa shape index (κ3) is 2.65. The van der Waals surface area contributed by atoms with Crippen molar-refractivity contribution in [1.82, 2.24) is 4.72 Å². The second-order valence-corrected chi connectivity index (χ2v) is 6.07. The molecule has 0 saturated heterocycles. The lowest BCUT2D eigenvalue weighted by molar-refractivity contribution is 0.275. The Morgan fingerprint density at radius 1 is 1.53 bits per heavy atom. The number of sulfonamides is 1. The highest BCUT2D eigenvalue weighted by molar-refractivity contribution is 7.89. The first kappa shape index (κ1) is 12.5. The Kier molecular flexibility index (Phi) is 3.20. The van der Waals surface area contributed by atoms with Crippen molar-refractivity contribution in [2.45, 2.75) is 30.9 Å². The second-order valence-electron chi connectivity index (χ2n) is 4.35. The molecule has 1 aliphatic rings. The molecule has 2 atom stereocenters. The fourth-order valence-electron chi connectivity index (χ4n) is 1.59. The molecule has 4 nitrogen and oxygen atoms in total. The minimum atomic E-state index is -3.61. The first-order valence-electron chi connectivity index (χ1n) is 5.35. The summed E-state index contributed by atoms with van der Waals surface area (Å²) in [6.45, 7) is 1.44. The Hall–Kier alpha value is -0.980. The van der Waals surface area contributed by atoms with Crippen LogP contribution < -0.4 is 4.72 Å². The highest BCUT2D eigenvalue weighted by Crippen LogP contribution is 2.30. The normalized spacial score (nSPS) is 23.7. The first-order valence-corrected chi connectivity index (χ1v) is 6.84. The van der Waals surface area contributed by atoms with Crippen LogP contribution in [0.15, 0.2) is 23.1 Å². The van der Waals surface area contributed by atoms with Crippen LogP contribution in [0.1, 0.15) is 18.9 Å². The predicted octanol–water partition coefficient (Wildman–Crippen LogP) is 1.00. The smallest absolute Gasteiger partial charge is 0.240 e. The van der Waals surface area contributed by atoms with Gasteiger partial charge in [-0.05, 0) is 30.5 Å². The van der Waals surface area contributed by atoms with Gasteiger partial charge in [-0.15, -0.1) is 0 Å². The number of rotatable bonds is 4. The molecule has 0 radical (unpaired) electrons. The number of nitrogens with one attached hydrogen (secondary N) is 1. The van der Waals surface area contributed by atoms with Crippen LogP contribution >= 0.6 is 0 Å². The molecule has 1 aliphatic carbocycles. The summed E-state index contributed by atoms with van der Waals surface area (Å²) in [5.41, 5.74) is -0.0169. The molecule has 2 unspecified atom stereocenters.